The number of nitrogens with zero attached hydrogens (tertiary/aromatic N) is 2. The van der Waals surface area contributed by atoms with E-state index in [0.717, 1.165) is 11.3 Å². The number of thioether (sulfide) groups is 1. The zero-order chi connectivity index (χ0) is 14.5. The molecule has 20 heavy (non-hydrogen) atoms. The molecule has 0 bridgehead atoms. The van der Waals surface area contributed by atoms with E-state index in [1.807, 2.05) is 12.3 Å². The first-order chi connectivity index (χ1) is 9.65. The minimum Gasteiger partial charge on any atom is -0.326 e. The molecule has 1 N–H and O–H groups in total. The SMILES string of the molecule is CSCCC1NC(=O)N(Cc2cccc(C#N)c2)C1=O. The molecule has 1 aliphatic rings. The molecule has 1 atom stereocenters. The fraction of sp³-hybridized carbons (Fsp3) is 0.357. The Kier molecular flexibility index (Phi) is 4.64. The molecule has 0 aliphatic carbocycles. The molecule has 1 unspecified atom stereocenters. The van der Waals surface area contributed by atoms with E-state index in [0.29, 0.717) is 12.0 Å². The van der Waals surface area contributed by atoms with Crippen LogP contribution in [0.25, 0.3) is 0 Å². The van der Waals surface area contributed by atoms with Crippen molar-refractivity contribution in [2.75, 3.05) is 12.0 Å². The van der Waals surface area contributed by atoms with E-state index < -0.39 is 6.04 Å². The topological polar surface area (TPSA) is 73.2 Å². The summed E-state index contributed by atoms with van der Waals surface area (Å²) in [6.07, 6.45) is 2.60. The van der Waals surface area contributed by atoms with E-state index in [4.69, 9.17) is 5.26 Å². The summed E-state index contributed by atoms with van der Waals surface area (Å²) in [6, 6.07) is 8.20. The van der Waals surface area contributed by atoms with Crippen molar-refractivity contribution < 1.29 is 9.59 Å². The molecule has 5 nitrogen and oxygen atoms in total. The maximum atomic E-state index is 12.1. The number of nitriles is 1. The van der Waals surface area contributed by atoms with Crippen molar-refractivity contribution in [3.05, 3.63) is 35.4 Å². The first-order valence-electron chi connectivity index (χ1n) is 6.25. The van der Waals surface area contributed by atoms with Gasteiger partial charge in [0, 0.05) is 0 Å². The highest BCUT2D eigenvalue weighted by Crippen LogP contribution is 2.16. The molecule has 3 amide bonds. The third-order valence-corrected chi connectivity index (χ3v) is 3.76. The summed E-state index contributed by atoms with van der Waals surface area (Å²) in [7, 11) is 0. The number of imide groups is 1. The number of carbonyl (C=O) groups excluding carboxylic acids is 2. The Morgan fingerprint density at radius 1 is 1.45 bits per heavy atom. The smallest absolute Gasteiger partial charge is 0.325 e. The maximum absolute atomic E-state index is 12.1. The Morgan fingerprint density at radius 2 is 2.25 bits per heavy atom. The van der Waals surface area contributed by atoms with Gasteiger partial charge in [0.2, 0.25) is 0 Å². The van der Waals surface area contributed by atoms with Gasteiger partial charge >= 0.3 is 6.03 Å². The molecule has 1 heterocycles. The summed E-state index contributed by atoms with van der Waals surface area (Å²) in [4.78, 5) is 25.2. The molecule has 1 saturated heterocycles. The van der Waals surface area contributed by atoms with Crippen LogP contribution in [0.3, 0.4) is 0 Å². The normalized spacial score (nSPS) is 18.0. The summed E-state index contributed by atoms with van der Waals surface area (Å²) in [5, 5.41) is 11.6. The minimum atomic E-state index is -0.422. The third kappa shape index (κ3) is 3.11. The molecule has 6 heteroatoms. The molecule has 2 rings (SSSR count). The van der Waals surface area contributed by atoms with Crippen LogP contribution < -0.4 is 5.32 Å². The predicted molar refractivity (Wildman–Crippen MR) is 77.0 cm³/mol. The van der Waals surface area contributed by atoms with Gasteiger partial charge in [0.05, 0.1) is 18.2 Å². The number of urea groups is 1. The Hall–Kier alpha value is -2.00. The summed E-state index contributed by atoms with van der Waals surface area (Å²) in [6.45, 7) is 0.204. The largest absolute Gasteiger partial charge is 0.326 e. The van der Waals surface area contributed by atoms with Crippen molar-refractivity contribution in [1.29, 1.82) is 5.26 Å². The quantitative estimate of drug-likeness (QED) is 0.838. The number of carbonyl (C=O) groups is 2. The lowest BCUT2D eigenvalue weighted by Crippen LogP contribution is -2.31. The zero-order valence-corrected chi connectivity index (χ0v) is 11.9. The van der Waals surface area contributed by atoms with E-state index in [9.17, 15) is 9.59 Å². The van der Waals surface area contributed by atoms with Crippen LogP contribution in [0.4, 0.5) is 4.79 Å². The Morgan fingerprint density at radius 3 is 2.95 bits per heavy atom. The van der Waals surface area contributed by atoms with Gasteiger partial charge in [0.15, 0.2) is 0 Å². The highest BCUT2D eigenvalue weighted by atomic mass is 32.2. The van der Waals surface area contributed by atoms with Crippen LogP contribution in [0.5, 0.6) is 0 Å². The predicted octanol–water partition coefficient (Wildman–Crippen LogP) is 1.73. The van der Waals surface area contributed by atoms with Crippen molar-refractivity contribution in [3.63, 3.8) is 0 Å². The lowest BCUT2D eigenvalue weighted by Gasteiger charge is -2.13. The van der Waals surface area contributed by atoms with Crippen LogP contribution in [-0.2, 0) is 11.3 Å². The number of benzene rings is 1. The Balaban J connectivity index is 2.07. The van der Waals surface area contributed by atoms with Crippen LogP contribution in [-0.4, -0.2) is 34.9 Å². The number of amides is 3. The van der Waals surface area contributed by atoms with Gasteiger partial charge in [0.1, 0.15) is 6.04 Å². The van der Waals surface area contributed by atoms with Crippen molar-refractivity contribution in [3.8, 4) is 6.07 Å². The molecule has 1 aromatic carbocycles. The van der Waals surface area contributed by atoms with Gasteiger partial charge in [-0.1, -0.05) is 12.1 Å². The number of nitrogens with one attached hydrogen (secondary N) is 1. The molecule has 0 saturated carbocycles. The molecule has 104 valence electrons. The molecule has 1 aromatic rings. The van der Waals surface area contributed by atoms with E-state index >= 15 is 0 Å². The first kappa shape index (κ1) is 14.4. The fourth-order valence-electron chi connectivity index (χ4n) is 2.08. The van der Waals surface area contributed by atoms with E-state index in [2.05, 4.69) is 5.32 Å². The standard InChI is InChI=1S/C14H15N3O2S/c1-20-6-5-12-13(18)17(14(19)16-12)9-11-4-2-3-10(7-11)8-15/h2-4,7,12H,5-6,9H2,1H3,(H,16,19). The summed E-state index contributed by atoms with van der Waals surface area (Å²) in [5.41, 5.74) is 1.30. The zero-order valence-electron chi connectivity index (χ0n) is 11.1. The lowest BCUT2D eigenvalue weighted by molar-refractivity contribution is -0.127. The number of hydrogen-bond donors (Lipinski definition) is 1. The average molecular weight is 289 g/mol. The second-order valence-corrected chi connectivity index (χ2v) is 5.51. The molecule has 1 aliphatic heterocycles. The van der Waals surface area contributed by atoms with Gasteiger partial charge in [-0.3, -0.25) is 9.69 Å². The number of hydrogen-bond acceptors (Lipinski definition) is 4. The minimum absolute atomic E-state index is 0.189. The van der Waals surface area contributed by atoms with Crippen molar-refractivity contribution in [1.82, 2.24) is 10.2 Å². The van der Waals surface area contributed by atoms with Gasteiger partial charge in [0.25, 0.3) is 5.91 Å². The fourth-order valence-corrected chi connectivity index (χ4v) is 2.55. The van der Waals surface area contributed by atoms with Gasteiger partial charge in [-0.05, 0) is 36.1 Å². The van der Waals surface area contributed by atoms with E-state index in [1.54, 1.807) is 36.0 Å². The van der Waals surface area contributed by atoms with Gasteiger partial charge in [-0.25, -0.2) is 4.79 Å². The van der Waals surface area contributed by atoms with Crippen molar-refractivity contribution in [2.45, 2.75) is 19.0 Å². The molecule has 0 aromatic heterocycles. The van der Waals surface area contributed by atoms with Crippen LogP contribution in [0.1, 0.15) is 17.5 Å². The molecular weight excluding hydrogens is 274 g/mol. The summed E-state index contributed by atoms with van der Waals surface area (Å²) >= 11 is 1.64. The summed E-state index contributed by atoms with van der Waals surface area (Å²) in [5.74, 6) is 0.639. The monoisotopic (exact) mass is 289 g/mol. The van der Waals surface area contributed by atoms with Crippen LogP contribution in [0, 0.1) is 11.3 Å². The van der Waals surface area contributed by atoms with Crippen LogP contribution >= 0.6 is 11.8 Å². The van der Waals surface area contributed by atoms with E-state index in [1.165, 1.54) is 4.90 Å². The third-order valence-electron chi connectivity index (χ3n) is 3.11. The van der Waals surface area contributed by atoms with Crippen LogP contribution in [0.15, 0.2) is 24.3 Å². The van der Waals surface area contributed by atoms with Crippen molar-refractivity contribution >= 4 is 23.7 Å². The summed E-state index contributed by atoms with van der Waals surface area (Å²) < 4.78 is 0. The van der Waals surface area contributed by atoms with Gasteiger partial charge < -0.3 is 5.32 Å². The second-order valence-electron chi connectivity index (χ2n) is 4.52. The van der Waals surface area contributed by atoms with Crippen molar-refractivity contribution in [2.24, 2.45) is 0 Å². The number of rotatable bonds is 5. The molecule has 0 spiro atoms. The van der Waals surface area contributed by atoms with Gasteiger partial charge in [-0.2, -0.15) is 17.0 Å². The lowest BCUT2D eigenvalue weighted by atomic mass is 10.1. The highest BCUT2D eigenvalue weighted by molar-refractivity contribution is 7.98. The molecule has 1 fully saturated rings. The Bertz CT molecular complexity index is 568. The molecular formula is C14H15N3O2S. The first-order valence-corrected chi connectivity index (χ1v) is 7.65. The maximum Gasteiger partial charge on any atom is 0.325 e. The highest BCUT2D eigenvalue weighted by Gasteiger charge is 2.37. The average Bonchev–Trinajstić information content (AvgIpc) is 2.73. The van der Waals surface area contributed by atoms with Gasteiger partial charge in [-0.15, -0.1) is 0 Å². The second kappa shape index (κ2) is 6.44. The Labute approximate surface area is 121 Å². The van der Waals surface area contributed by atoms with Crippen LogP contribution in [0.2, 0.25) is 0 Å². The van der Waals surface area contributed by atoms with E-state index in [-0.39, 0.29) is 18.5 Å². The molecule has 0 radical (unpaired) electrons.